The van der Waals surface area contributed by atoms with Crippen molar-refractivity contribution in [3.8, 4) is 5.75 Å². The minimum Gasteiger partial charge on any atom is -0.497 e. The molecule has 0 aliphatic heterocycles. The predicted molar refractivity (Wildman–Crippen MR) is 72.7 cm³/mol. The summed E-state index contributed by atoms with van der Waals surface area (Å²) in [5.74, 6) is 0.665. The van der Waals surface area contributed by atoms with E-state index in [0.29, 0.717) is 17.8 Å². The van der Waals surface area contributed by atoms with Crippen LogP contribution in [0.5, 0.6) is 5.75 Å². The number of benzene rings is 1. The Balaban J connectivity index is 2.92. The summed E-state index contributed by atoms with van der Waals surface area (Å²) in [4.78, 5) is 11.9. The zero-order valence-electron chi connectivity index (χ0n) is 11.1. The molecule has 1 heterocycles. The van der Waals surface area contributed by atoms with Crippen LogP contribution < -0.4 is 15.7 Å². The van der Waals surface area contributed by atoms with Crippen LogP contribution in [0.1, 0.15) is 18.1 Å². The molecule has 0 amide bonds. The number of nitrogens with one attached hydrogen (secondary N) is 1. The highest BCUT2D eigenvalue weighted by molar-refractivity contribution is 5.94. The first-order valence-electron chi connectivity index (χ1n) is 5.94. The van der Waals surface area contributed by atoms with Crippen molar-refractivity contribution in [1.29, 1.82) is 0 Å². The first kappa shape index (κ1) is 12.5. The molecule has 2 aromatic rings. The minimum absolute atomic E-state index is 0.266. The number of methoxy groups -OCH3 is 1. The van der Waals surface area contributed by atoms with Crippen molar-refractivity contribution in [3.63, 3.8) is 0 Å². The Hall–Kier alpha value is -1.97. The van der Waals surface area contributed by atoms with Gasteiger partial charge in [0.25, 0.3) is 0 Å². The minimum atomic E-state index is -0.266. The van der Waals surface area contributed by atoms with Gasteiger partial charge in [0.2, 0.25) is 0 Å². The summed E-state index contributed by atoms with van der Waals surface area (Å²) >= 11 is 0. The van der Waals surface area contributed by atoms with Crippen molar-refractivity contribution in [1.82, 2.24) is 0 Å². The maximum Gasteiger partial charge on any atom is 0.339 e. The van der Waals surface area contributed by atoms with Crippen LogP contribution in [-0.2, 0) is 6.42 Å². The molecule has 0 aliphatic carbocycles. The molecule has 4 heteroatoms. The SMILES string of the molecule is CCc1c(C)c2c(NC)cc(OC)cc2oc1=O. The molecule has 18 heavy (non-hydrogen) atoms. The van der Waals surface area contributed by atoms with Gasteiger partial charge in [0.1, 0.15) is 11.3 Å². The van der Waals surface area contributed by atoms with Gasteiger partial charge in [-0.05, 0) is 18.9 Å². The Morgan fingerprint density at radius 1 is 1.39 bits per heavy atom. The summed E-state index contributed by atoms with van der Waals surface area (Å²) < 4.78 is 10.6. The molecule has 4 nitrogen and oxygen atoms in total. The molecule has 96 valence electrons. The molecule has 0 unspecified atom stereocenters. The number of hydrogen-bond donors (Lipinski definition) is 1. The molecule has 0 radical (unpaired) electrons. The lowest BCUT2D eigenvalue weighted by Gasteiger charge is -2.12. The van der Waals surface area contributed by atoms with E-state index < -0.39 is 0 Å². The van der Waals surface area contributed by atoms with E-state index >= 15 is 0 Å². The second-order valence-corrected chi connectivity index (χ2v) is 4.14. The van der Waals surface area contributed by atoms with Crippen LogP contribution >= 0.6 is 0 Å². The average molecular weight is 247 g/mol. The van der Waals surface area contributed by atoms with Crippen LogP contribution in [0.3, 0.4) is 0 Å². The normalized spacial score (nSPS) is 10.7. The lowest BCUT2D eigenvalue weighted by Crippen LogP contribution is -2.10. The third-order valence-corrected chi connectivity index (χ3v) is 3.21. The molecular formula is C14H17NO3. The quantitative estimate of drug-likeness (QED) is 0.847. The second kappa shape index (κ2) is 4.72. The van der Waals surface area contributed by atoms with Crippen molar-refractivity contribution < 1.29 is 9.15 Å². The summed E-state index contributed by atoms with van der Waals surface area (Å²) in [6.45, 7) is 3.90. The summed E-state index contributed by atoms with van der Waals surface area (Å²) in [6.07, 6.45) is 0.666. The molecule has 0 aliphatic rings. The van der Waals surface area contributed by atoms with Crippen LogP contribution in [0.25, 0.3) is 11.0 Å². The van der Waals surface area contributed by atoms with Gasteiger partial charge in [0, 0.05) is 35.8 Å². The molecule has 2 rings (SSSR count). The van der Waals surface area contributed by atoms with Gasteiger partial charge in [-0.1, -0.05) is 6.92 Å². The van der Waals surface area contributed by atoms with E-state index in [-0.39, 0.29) is 5.63 Å². The van der Waals surface area contributed by atoms with Crippen molar-refractivity contribution in [3.05, 3.63) is 33.7 Å². The van der Waals surface area contributed by atoms with Crippen LogP contribution in [0.15, 0.2) is 21.3 Å². The largest absolute Gasteiger partial charge is 0.497 e. The van der Waals surface area contributed by atoms with E-state index in [9.17, 15) is 4.79 Å². The molecule has 0 atom stereocenters. The molecule has 1 aromatic heterocycles. The van der Waals surface area contributed by atoms with Gasteiger partial charge in [-0.3, -0.25) is 0 Å². The highest BCUT2D eigenvalue weighted by Crippen LogP contribution is 2.31. The maximum atomic E-state index is 11.9. The van der Waals surface area contributed by atoms with E-state index in [1.165, 1.54) is 0 Å². The fraction of sp³-hybridized carbons (Fsp3) is 0.357. The van der Waals surface area contributed by atoms with E-state index in [1.54, 1.807) is 13.2 Å². The Kier molecular flexibility index (Phi) is 3.28. The van der Waals surface area contributed by atoms with Crippen molar-refractivity contribution >= 4 is 16.7 Å². The van der Waals surface area contributed by atoms with Crippen LogP contribution in [0.2, 0.25) is 0 Å². The topological polar surface area (TPSA) is 51.5 Å². The zero-order chi connectivity index (χ0) is 13.3. The number of anilines is 1. The van der Waals surface area contributed by atoms with Gasteiger partial charge in [0.05, 0.1) is 7.11 Å². The highest BCUT2D eigenvalue weighted by atomic mass is 16.5. The predicted octanol–water partition coefficient (Wildman–Crippen LogP) is 2.71. The van der Waals surface area contributed by atoms with Gasteiger partial charge >= 0.3 is 5.63 Å². The summed E-state index contributed by atoms with van der Waals surface area (Å²) in [6, 6.07) is 3.64. The molecule has 0 saturated carbocycles. The fourth-order valence-corrected chi connectivity index (χ4v) is 2.25. The number of rotatable bonds is 3. The second-order valence-electron chi connectivity index (χ2n) is 4.14. The van der Waals surface area contributed by atoms with Crippen LogP contribution in [0.4, 0.5) is 5.69 Å². The Labute approximate surface area is 106 Å². The fourth-order valence-electron chi connectivity index (χ4n) is 2.25. The standard InChI is InChI=1S/C14H17NO3/c1-5-10-8(2)13-11(15-3)6-9(17-4)7-12(13)18-14(10)16/h6-7,15H,5H2,1-4H3. The third-order valence-electron chi connectivity index (χ3n) is 3.21. The van der Waals surface area contributed by atoms with Crippen LogP contribution in [0, 0.1) is 6.92 Å². The number of hydrogen-bond acceptors (Lipinski definition) is 4. The number of ether oxygens (including phenoxy) is 1. The van der Waals surface area contributed by atoms with Gasteiger partial charge in [-0.15, -0.1) is 0 Å². The van der Waals surface area contributed by atoms with Gasteiger partial charge in [0.15, 0.2) is 0 Å². The smallest absolute Gasteiger partial charge is 0.339 e. The Morgan fingerprint density at radius 2 is 2.11 bits per heavy atom. The highest BCUT2D eigenvalue weighted by Gasteiger charge is 2.14. The lowest BCUT2D eigenvalue weighted by molar-refractivity contribution is 0.414. The summed E-state index contributed by atoms with van der Waals surface area (Å²) in [5, 5.41) is 4.05. The molecule has 0 fully saturated rings. The van der Waals surface area contributed by atoms with E-state index in [1.807, 2.05) is 27.0 Å². The monoisotopic (exact) mass is 247 g/mol. The van der Waals surface area contributed by atoms with E-state index in [4.69, 9.17) is 9.15 Å². The number of aryl methyl sites for hydroxylation is 1. The van der Waals surface area contributed by atoms with Crippen molar-refractivity contribution in [2.75, 3.05) is 19.5 Å². The third kappa shape index (κ3) is 1.83. The maximum absolute atomic E-state index is 11.9. The van der Waals surface area contributed by atoms with Gasteiger partial charge in [-0.2, -0.15) is 0 Å². The first-order chi connectivity index (χ1) is 8.62. The first-order valence-corrected chi connectivity index (χ1v) is 5.94. The summed E-state index contributed by atoms with van der Waals surface area (Å²) in [7, 11) is 3.43. The Morgan fingerprint density at radius 3 is 2.67 bits per heavy atom. The van der Waals surface area contributed by atoms with E-state index in [0.717, 1.165) is 22.2 Å². The Bertz CT molecular complexity index is 644. The molecule has 1 N–H and O–H groups in total. The summed E-state index contributed by atoms with van der Waals surface area (Å²) in [5.41, 5.74) is 2.89. The number of fused-ring (bicyclic) bond motifs is 1. The molecular weight excluding hydrogens is 230 g/mol. The van der Waals surface area contributed by atoms with Crippen molar-refractivity contribution in [2.45, 2.75) is 20.3 Å². The molecule has 0 bridgehead atoms. The van der Waals surface area contributed by atoms with Crippen molar-refractivity contribution in [2.24, 2.45) is 0 Å². The molecule has 0 saturated heterocycles. The zero-order valence-corrected chi connectivity index (χ0v) is 11.1. The van der Waals surface area contributed by atoms with E-state index in [2.05, 4.69) is 5.32 Å². The van der Waals surface area contributed by atoms with Gasteiger partial charge < -0.3 is 14.5 Å². The average Bonchev–Trinajstić information content (AvgIpc) is 2.37. The molecule has 0 spiro atoms. The molecule has 1 aromatic carbocycles. The van der Waals surface area contributed by atoms with Gasteiger partial charge in [-0.25, -0.2) is 4.79 Å². The van der Waals surface area contributed by atoms with Crippen LogP contribution in [-0.4, -0.2) is 14.2 Å². The lowest BCUT2D eigenvalue weighted by atomic mass is 10.0.